The van der Waals surface area contributed by atoms with Gasteiger partial charge < -0.3 is 0 Å². The third-order valence-electron chi connectivity index (χ3n) is 3.58. The van der Waals surface area contributed by atoms with E-state index in [1.165, 1.54) is 22.3 Å². The smallest absolute Gasteiger partial charge is 0.0100 e. The second kappa shape index (κ2) is 11.9. The van der Waals surface area contributed by atoms with Gasteiger partial charge in [0.2, 0.25) is 0 Å². The van der Waals surface area contributed by atoms with Crippen molar-refractivity contribution in [2.24, 2.45) is 0 Å². The Morgan fingerprint density at radius 3 is 2.21 bits per heavy atom. The van der Waals surface area contributed by atoms with Crippen molar-refractivity contribution in [2.45, 2.75) is 26.7 Å². The van der Waals surface area contributed by atoms with Gasteiger partial charge in [0.25, 0.3) is 0 Å². The fourth-order valence-corrected chi connectivity index (χ4v) is 2.43. The molecule has 2 rings (SSSR count). The second-order valence-electron chi connectivity index (χ2n) is 5.35. The van der Waals surface area contributed by atoms with Gasteiger partial charge in [0.05, 0.1) is 0 Å². The lowest BCUT2D eigenvalue weighted by Crippen LogP contribution is -1.89. The van der Waals surface area contributed by atoms with Crippen molar-refractivity contribution in [3.05, 3.63) is 115 Å². The summed E-state index contributed by atoms with van der Waals surface area (Å²) in [5.74, 6) is 0. The van der Waals surface area contributed by atoms with Crippen LogP contribution in [0.5, 0.6) is 0 Å². The van der Waals surface area contributed by atoms with Crippen LogP contribution in [0.25, 0.3) is 5.57 Å². The number of benzene rings is 2. The summed E-state index contributed by atoms with van der Waals surface area (Å²) in [4.78, 5) is 0. The number of hydrogen-bond donors (Lipinski definition) is 0. The van der Waals surface area contributed by atoms with Crippen molar-refractivity contribution in [2.75, 3.05) is 0 Å². The number of hydrogen-bond acceptors (Lipinski definition) is 0. The molecule has 0 aliphatic carbocycles. The molecule has 0 aliphatic heterocycles. The maximum Gasteiger partial charge on any atom is -0.0100 e. The molecule has 0 fully saturated rings. The van der Waals surface area contributed by atoms with E-state index >= 15 is 0 Å². The summed E-state index contributed by atoms with van der Waals surface area (Å²) in [7, 11) is 0. The van der Waals surface area contributed by atoms with Crippen LogP contribution in [0.2, 0.25) is 0 Å². The van der Waals surface area contributed by atoms with Crippen LogP contribution < -0.4 is 0 Å². The van der Waals surface area contributed by atoms with Gasteiger partial charge in [-0.3, -0.25) is 0 Å². The monoisotopic (exact) mass is 316 g/mol. The summed E-state index contributed by atoms with van der Waals surface area (Å²) in [5, 5.41) is 0. The van der Waals surface area contributed by atoms with Gasteiger partial charge >= 0.3 is 0 Å². The molecule has 0 heteroatoms. The van der Waals surface area contributed by atoms with E-state index in [2.05, 4.69) is 74.7 Å². The fraction of sp³-hybridized carbons (Fsp3) is 0.167. The van der Waals surface area contributed by atoms with Gasteiger partial charge in [-0.15, -0.1) is 6.58 Å². The minimum atomic E-state index is 0.973. The highest BCUT2D eigenvalue weighted by molar-refractivity contribution is 5.77. The Kier molecular flexibility index (Phi) is 9.64. The maximum absolute atomic E-state index is 3.75. The zero-order valence-corrected chi connectivity index (χ0v) is 14.9. The first-order valence-electron chi connectivity index (χ1n) is 8.45. The summed E-state index contributed by atoms with van der Waals surface area (Å²) >= 11 is 0. The first-order chi connectivity index (χ1) is 11.8. The summed E-state index contributed by atoms with van der Waals surface area (Å²) in [5.41, 5.74) is 5.24. The molecule has 2 aromatic carbocycles. The highest BCUT2D eigenvalue weighted by atomic mass is 14.1. The minimum absolute atomic E-state index is 0.973. The predicted octanol–water partition coefficient (Wildman–Crippen LogP) is 6.81. The van der Waals surface area contributed by atoms with Crippen LogP contribution in [-0.2, 0) is 12.8 Å². The minimum Gasteiger partial charge on any atom is -0.103 e. The molecule has 0 aromatic heterocycles. The van der Waals surface area contributed by atoms with Crippen LogP contribution in [0.15, 0.2) is 98.1 Å². The highest BCUT2D eigenvalue weighted by Gasteiger charge is 2.01. The van der Waals surface area contributed by atoms with Gasteiger partial charge in [0, 0.05) is 0 Å². The molecule has 0 atom stereocenters. The number of allylic oxidation sites excluding steroid dienone is 6. The van der Waals surface area contributed by atoms with E-state index in [9.17, 15) is 0 Å². The molecule has 24 heavy (non-hydrogen) atoms. The molecular formula is C24H28. The largest absolute Gasteiger partial charge is 0.103 e. The molecule has 2 aromatic rings. The molecule has 0 N–H and O–H groups in total. The SMILES string of the molecule is C=C/C=C(\C=C/C)c1ccccc1CC.C=CCc1ccccc1. The van der Waals surface area contributed by atoms with Crippen LogP contribution in [0.1, 0.15) is 30.5 Å². The summed E-state index contributed by atoms with van der Waals surface area (Å²) in [6.07, 6.45) is 12.0. The molecule has 0 aliphatic rings. The van der Waals surface area contributed by atoms with E-state index < -0.39 is 0 Å². The standard InChI is InChI=1S/C15H18.C9H10/c1-4-9-14(10-5-2)15-12-8-7-11-13(15)6-3;1-2-6-9-7-4-3-5-8-9/h4-5,7-12H,1,6H2,2-3H3;2-5,7-8H,1,6H2/b10-5-,14-9+;. The number of rotatable bonds is 6. The van der Waals surface area contributed by atoms with Crippen LogP contribution in [0.3, 0.4) is 0 Å². The van der Waals surface area contributed by atoms with Crippen LogP contribution in [0.4, 0.5) is 0 Å². The Morgan fingerprint density at radius 2 is 1.62 bits per heavy atom. The topological polar surface area (TPSA) is 0 Å². The lowest BCUT2D eigenvalue weighted by atomic mass is 9.97. The van der Waals surface area contributed by atoms with Gasteiger partial charge in [-0.05, 0) is 42.0 Å². The quantitative estimate of drug-likeness (QED) is 0.405. The molecule has 0 bridgehead atoms. The predicted molar refractivity (Wildman–Crippen MR) is 109 cm³/mol. The lowest BCUT2D eigenvalue weighted by molar-refractivity contribution is 1.13. The molecule has 0 amide bonds. The molecule has 0 nitrogen and oxygen atoms in total. The van der Waals surface area contributed by atoms with Crippen molar-refractivity contribution in [1.82, 2.24) is 0 Å². The first kappa shape index (κ1) is 19.4. The number of aryl methyl sites for hydroxylation is 1. The van der Waals surface area contributed by atoms with Crippen LogP contribution >= 0.6 is 0 Å². The average molecular weight is 316 g/mol. The van der Waals surface area contributed by atoms with Crippen LogP contribution in [-0.4, -0.2) is 0 Å². The van der Waals surface area contributed by atoms with Gasteiger partial charge in [0.15, 0.2) is 0 Å². The molecule has 0 heterocycles. The van der Waals surface area contributed by atoms with E-state index in [1.54, 1.807) is 0 Å². The Morgan fingerprint density at radius 1 is 0.958 bits per heavy atom. The van der Waals surface area contributed by atoms with Gasteiger partial charge in [-0.2, -0.15) is 0 Å². The van der Waals surface area contributed by atoms with Crippen molar-refractivity contribution in [3.8, 4) is 0 Å². The molecule has 0 saturated heterocycles. The summed E-state index contributed by atoms with van der Waals surface area (Å²) < 4.78 is 0. The van der Waals surface area contributed by atoms with Gasteiger partial charge in [-0.1, -0.05) is 98.5 Å². The Labute approximate surface area is 147 Å². The van der Waals surface area contributed by atoms with Gasteiger partial charge in [0.1, 0.15) is 0 Å². The second-order valence-corrected chi connectivity index (χ2v) is 5.35. The zero-order chi connectivity index (χ0) is 17.6. The van der Waals surface area contributed by atoms with Gasteiger partial charge in [-0.25, -0.2) is 0 Å². The lowest BCUT2D eigenvalue weighted by Gasteiger charge is -2.07. The highest BCUT2D eigenvalue weighted by Crippen LogP contribution is 2.21. The van der Waals surface area contributed by atoms with Crippen LogP contribution in [0, 0.1) is 0 Å². The Balaban J connectivity index is 0.000000272. The first-order valence-corrected chi connectivity index (χ1v) is 8.45. The Bertz CT molecular complexity index is 672. The van der Waals surface area contributed by atoms with Crippen molar-refractivity contribution >= 4 is 5.57 Å². The summed E-state index contributed by atoms with van der Waals surface area (Å²) in [6, 6.07) is 18.8. The maximum atomic E-state index is 3.75. The molecule has 0 unspecified atom stereocenters. The third-order valence-corrected chi connectivity index (χ3v) is 3.58. The van der Waals surface area contributed by atoms with Crippen molar-refractivity contribution in [3.63, 3.8) is 0 Å². The fourth-order valence-electron chi connectivity index (χ4n) is 2.43. The van der Waals surface area contributed by atoms with Crippen molar-refractivity contribution in [1.29, 1.82) is 0 Å². The van der Waals surface area contributed by atoms with E-state index in [0.29, 0.717) is 0 Å². The molecule has 124 valence electrons. The molecule has 0 spiro atoms. The van der Waals surface area contributed by atoms with E-state index in [4.69, 9.17) is 0 Å². The van der Waals surface area contributed by atoms with Crippen molar-refractivity contribution < 1.29 is 0 Å². The average Bonchev–Trinajstić information content (AvgIpc) is 2.63. The zero-order valence-electron chi connectivity index (χ0n) is 14.9. The third kappa shape index (κ3) is 6.66. The van der Waals surface area contributed by atoms with E-state index in [-0.39, 0.29) is 0 Å². The normalized spacial score (nSPS) is 10.8. The molecule has 0 radical (unpaired) electrons. The summed E-state index contributed by atoms with van der Waals surface area (Å²) in [6.45, 7) is 11.6. The molecular weight excluding hydrogens is 288 g/mol. The van der Waals surface area contributed by atoms with E-state index in [1.807, 2.05) is 37.3 Å². The molecule has 0 saturated carbocycles. The Hall–Kier alpha value is -2.60. The van der Waals surface area contributed by atoms with E-state index in [0.717, 1.165) is 12.8 Å².